The molecule has 3 N–H and O–H groups in total. The largest absolute Gasteiger partial charge is 0.455 e. The van der Waals surface area contributed by atoms with E-state index in [1.165, 1.54) is 19.9 Å². The lowest BCUT2D eigenvalue weighted by atomic mass is 9.42. The summed E-state index contributed by atoms with van der Waals surface area (Å²) in [6, 6.07) is 0. The van der Waals surface area contributed by atoms with Crippen LogP contribution in [0.2, 0.25) is 0 Å². The van der Waals surface area contributed by atoms with Gasteiger partial charge >= 0.3 is 11.9 Å². The number of fused-ring (bicyclic) bond motifs is 4. The van der Waals surface area contributed by atoms with E-state index in [4.69, 9.17) is 14.2 Å². The lowest BCUT2D eigenvalue weighted by molar-refractivity contribution is -0.283. The maximum atomic E-state index is 13.6. The standard InChI is InChI=1S/C30H40O9/c1-15-13-22(38-24(33)16(15)2)27(6,34)29(36)12-11-28(35)19-14-23-30(39-23)21(37-17(3)31)8-7-20(32)26(30,5)18(19)9-10-25(28,29)4/h7-8,18-19,21-23,34-36H,9-14H2,1-6H3/t18?,19?,21-,22?,23-,25+,26+,27?,28-,29+,30-/m1/s1. The van der Waals surface area contributed by atoms with Crippen LogP contribution in [0.5, 0.6) is 0 Å². The zero-order valence-corrected chi connectivity index (χ0v) is 23.6. The topological polar surface area (TPSA) is 143 Å². The van der Waals surface area contributed by atoms with Gasteiger partial charge in [-0.3, -0.25) is 9.59 Å². The molecule has 3 saturated carbocycles. The van der Waals surface area contributed by atoms with E-state index in [9.17, 15) is 29.7 Å². The first kappa shape index (κ1) is 27.1. The fourth-order valence-electron chi connectivity index (χ4n) is 9.70. The Labute approximate surface area is 228 Å². The summed E-state index contributed by atoms with van der Waals surface area (Å²) in [7, 11) is 0. The van der Waals surface area contributed by atoms with Gasteiger partial charge in [0.1, 0.15) is 22.9 Å². The molecule has 0 aromatic carbocycles. The number of rotatable bonds is 3. The Hall–Kier alpha value is -2.07. The minimum absolute atomic E-state index is 0.109. The number of allylic oxidation sites excluding steroid dienone is 1. The highest BCUT2D eigenvalue weighted by Crippen LogP contribution is 2.75. The van der Waals surface area contributed by atoms with Crippen LogP contribution in [-0.2, 0) is 28.6 Å². The van der Waals surface area contributed by atoms with Gasteiger partial charge in [-0.25, -0.2) is 4.79 Å². The molecule has 0 amide bonds. The second-order valence-electron chi connectivity index (χ2n) is 13.6. The van der Waals surface area contributed by atoms with Crippen molar-refractivity contribution in [1.29, 1.82) is 0 Å². The van der Waals surface area contributed by atoms with E-state index in [0.29, 0.717) is 31.3 Å². The smallest absolute Gasteiger partial charge is 0.334 e. The molecule has 9 heteroatoms. The van der Waals surface area contributed by atoms with Crippen molar-refractivity contribution in [3.8, 4) is 0 Å². The molecule has 11 atom stereocenters. The lowest BCUT2D eigenvalue weighted by Gasteiger charge is -2.63. The van der Waals surface area contributed by atoms with E-state index in [-0.39, 0.29) is 24.5 Å². The molecule has 4 fully saturated rings. The number of epoxide rings is 1. The van der Waals surface area contributed by atoms with Crippen LogP contribution >= 0.6 is 0 Å². The molecule has 6 rings (SSSR count). The number of hydrogen-bond acceptors (Lipinski definition) is 9. The van der Waals surface area contributed by atoms with Crippen molar-refractivity contribution in [1.82, 2.24) is 0 Å². The highest BCUT2D eigenvalue weighted by Gasteiger charge is 2.84. The molecule has 1 spiro atoms. The summed E-state index contributed by atoms with van der Waals surface area (Å²) in [5.41, 5.74) is -6.82. The van der Waals surface area contributed by atoms with Crippen molar-refractivity contribution < 1.29 is 43.9 Å². The normalized spacial score (nSPS) is 51.7. The average Bonchev–Trinajstić information content (AvgIpc) is 3.55. The molecule has 0 aromatic heterocycles. The first-order valence-electron chi connectivity index (χ1n) is 14.1. The van der Waals surface area contributed by atoms with Crippen molar-refractivity contribution in [3.63, 3.8) is 0 Å². The van der Waals surface area contributed by atoms with Gasteiger partial charge in [0.15, 0.2) is 11.9 Å². The number of carbonyl (C=O) groups is 3. The molecule has 9 nitrogen and oxygen atoms in total. The Morgan fingerprint density at radius 1 is 1.13 bits per heavy atom. The van der Waals surface area contributed by atoms with Crippen molar-refractivity contribution in [2.75, 3.05) is 0 Å². The molecule has 0 aromatic rings. The van der Waals surface area contributed by atoms with E-state index in [1.54, 1.807) is 13.0 Å². The molecule has 39 heavy (non-hydrogen) atoms. The van der Waals surface area contributed by atoms with Gasteiger partial charge in [0.2, 0.25) is 0 Å². The maximum Gasteiger partial charge on any atom is 0.334 e. The highest BCUT2D eigenvalue weighted by atomic mass is 16.7. The van der Waals surface area contributed by atoms with Crippen LogP contribution in [-0.4, -0.2) is 73.8 Å². The van der Waals surface area contributed by atoms with Crippen LogP contribution < -0.4 is 0 Å². The van der Waals surface area contributed by atoms with E-state index in [1.807, 2.05) is 20.8 Å². The van der Waals surface area contributed by atoms with Crippen LogP contribution in [0, 0.1) is 22.7 Å². The van der Waals surface area contributed by atoms with Crippen LogP contribution in [0.3, 0.4) is 0 Å². The molecule has 4 unspecified atom stereocenters. The molecule has 6 aliphatic rings. The van der Waals surface area contributed by atoms with Gasteiger partial charge in [-0.1, -0.05) is 12.5 Å². The van der Waals surface area contributed by atoms with Gasteiger partial charge < -0.3 is 29.5 Å². The SMILES string of the molecule is CC(=O)O[C@@H]1C=CC(=O)[C@]2(C)C3CC[C@@]4(C)[C@@](O)(CC[C@@]4(O)C(C)(O)C4CC(C)=C(C)C(=O)O4)C3C[C@H]3O[C@]132. The van der Waals surface area contributed by atoms with Crippen LogP contribution in [0.15, 0.2) is 23.3 Å². The van der Waals surface area contributed by atoms with E-state index < -0.39 is 69.4 Å². The van der Waals surface area contributed by atoms with E-state index in [2.05, 4.69) is 0 Å². The van der Waals surface area contributed by atoms with Crippen LogP contribution in [0.1, 0.15) is 80.1 Å². The maximum absolute atomic E-state index is 13.6. The third-order valence-corrected chi connectivity index (χ3v) is 12.4. The van der Waals surface area contributed by atoms with Crippen LogP contribution in [0.4, 0.5) is 0 Å². The lowest BCUT2D eigenvalue weighted by Crippen LogP contribution is -2.73. The van der Waals surface area contributed by atoms with Crippen molar-refractivity contribution >= 4 is 17.7 Å². The number of ketones is 1. The molecule has 0 bridgehead atoms. The molecule has 0 radical (unpaired) electrons. The third-order valence-electron chi connectivity index (χ3n) is 12.4. The molecular formula is C30H40O9. The Balaban J connectivity index is 1.37. The number of hydrogen-bond donors (Lipinski definition) is 3. The molecule has 2 aliphatic heterocycles. The van der Waals surface area contributed by atoms with Crippen molar-refractivity contribution in [2.24, 2.45) is 22.7 Å². The predicted molar refractivity (Wildman–Crippen MR) is 137 cm³/mol. The van der Waals surface area contributed by atoms with Crippen molar-refractivity contribution in [3.05, 3.63) is 23.3 Å². The molecule has 4 aliphatic carbocycles. The molecule has 1 saturated heterocycles. The summed E-state index contributed by atoms with van der Waals surface area (Å²) in [4.78, 5) is 38.0. The minimum atomic E-state index is -1.83. The number of carbonyl (C=O) groups excluding carboxylic acids is 3. The second kappa shape index (κ2) is 7.81. The van der Waals surface area contributed by atoms with Gasteiger partial charge in [-0.15, -0.1) is 0 Å². The Morgan fingerprint density at radius 3 is 2.46 bits per heavy atom. The number of cyclic esters (lactones) is 1. The summed E-state index contributed by atoms with van der Waals surface area (Å²) >= 11 is 0. The Bertz CT molecular complexity index is 1230. The van der Waals surface area contributed by atoms with Gasteiger partial charge in [-0.05, 0) is 83.8 Å². The zero-order valence-electron chi connectivity index (χ0n) is 23.6. The number of esters is 2. The molecule has 2 heterocycles. The van der Waals surface area contributed by atoms with Gasteiger partial charge in [-0.2, -0.15) is 0 Å². The van der Waals surface area contributed by atoms with Gasteiger partial charge in [0.05, 0.1) is 17.1 Å². The monoisotopic (exact) mass is 544 g/mol. The highest BCUT2D eigenvalue weighted by molar-refractivity contribution is 5.98. The first-order valence-corrected chi connectivity index (χ1v) is 14.1. The average molecular weight is 545 g/mol. The van der Waals surface area contributed by atoms with E-state index >= 15 is 0 Å². The summed E-state index contributed by atoms with van der Waals surface area (Å²) in [6.07, 6.45) is 2.97. The first-order chi connectivity index (χ1) is 18.0. The quantitative estimate of drug-likeness (QED) is 0.360. The summed E-state index contributed by atoms with van der Waals surface area (Å²) in [5, 5.41) is 37.0. The molecular weight excluding hydrogens is 504 g/mol. The summed E-state index contributed by atoms with van der Waals surface area (Å²) in [5.74, 6) is -1.74. The second-order valence-corrected chi connectivity index (χ2v) is 13.6. The van der Waals surface area contributed by atoms with Crippen molar-refractivity contribution in [2.45, 2.75) is 121 Å². The number of aliphatic hydroxyl groups is 3. The summed E-state index contributed by atoms with van der Waals surface area (Å²) < 4.78 is 17.5. The summed E-state index contributed by atoms with van der Waals surface area (Å²) in [6.45, 7) is 10.1. The Kier molecular flexibility index (Phi) is 5.43. The van der Waals surface area contributed by atoms with Gasteiger partial charge in [0, 0.05) is 24.3 Å². The minimum Gasteiger partial charge on any atom is -0.455 e. The fourth-order valence-corrected chi connectivity index (χ4v) is 9.70. The van der Waals surface area contributed by atoms with E-state index in [0.717, 1.165) is 5.57 Å². The van der Waals surface area contributed by atoms with Gasteiger partial charge in [0.25, 0.3) is 0 Å². The molecule has 214 valence electrons. The number of ether oxygens (including phenoxy) is 3. The third kappa shape index (κ3) is 2.92. The predicted octanol–water partition coefficient (Wildman–Crippen LogP) is 2.30. The van der Waals surface area contributed by atoms with Crippen LogP contribution in [0.25, 0.3) is 0 Å². The Morgan fingerprint density at radius 2 is 1.82 bits per heavy atom. The zero-order chi connectivity index (χ0) is 28.6. The fraction of sp³-hybridized carbons (Fsp3) is 0.767.